The van der Waals surface area contributed by atoms with Gasteiger partial charge in [0.25, 0.3) is 0 Å². The second-order valence-corrected chi connectivity index (χ2v) is 6.27. The molecule has 1 aromatic rings. The van der Waals surface area contributed by atoms with Gasteiger partial charge in [-0.1, -0.05) is 44.2 Å². The van der Waals surface area contributed by atoms with E-state index in [1.54, 1.807) is 18.2 Å². The molecule has 0 atom stereocenters. The first-order valence-electron chi connectivity index (χ1n) is 7.14. The van der Waals surface area contributed by atoms with Crippen molar-refractivity contribution in [3.8, 4) is 0 Å². The van der Waals surface area contributed by atoms with Gasteiger partial charge in [-0.15, -0.1) is 0 Å². The Morgan fingerprint density at radius 1 is 1.29 bits per heavy atom. The Labute approximate surface area is 125 Å². The number of hydrogen-bond donors (Lipinski definition) is 1. The van der Waals surface area contributed by atoms with Gasteiger partial charge in [0, 0.05) is 30.4 Å². The van der Waals surface area contributed by atoms with Crippen LogP contribution in [0.1, 0.15) is 37.0 Å². The van der Waals surface area contributed by atoms with Gasteiger partial charge < -0.3 is 10.0 Å². The van der Waals surface area contributed by atoms with Crippen molar-refractivity contribution in [2.75, 3.05) is 13.1 Å². The van der Waals surface area contributed by atoms with Crippen LogP contribution in [0.2, 0.25) is 0 Å². The molecule has 0 spiro atoms. The number of benzene rings is 1. The predicted octanol–water partition coefficient (Wildman–Crippen LogP) is 2.96. The molecule has 1 fully saturated rings. The summed E-state index contributed by atoms with van der Waals surface area (Å²) < 4.78 is 0. The highest BCUT2D eigenvalue weighted by Gasteiger charge is 2.33. The van der Waals surface area contributed by atoms with Crippen molar-refractivity contribution in [3.63, 3.8) is 0 Å². The quantitative estimate of drug-likeness (QED) is 0.668. The second kappa shape index (κ2) is 6.12. The fourth-order valence-corrected chi connectivity index (χ4v) is 2.71. The minimum atomic E-state index is -0.812. The number of nitrogens with zero attached hydrogens (tertiary/aromatic N) is 1. The molecule has 4 heteroatoms. The molecule has 0 radical (unpaired) electrons. The maximum Gasteiger partial charge on any atom is 0.305 e. The molecule has 0 aromatic heterocycles. The molecular formula is C17H21NO3. The van der Waals surface area contributed by atoms with Crippen molar-refractivity contribution in [2.45, 2.75) is 26.7 Å². The van der Waals surface area contributed by atoms with Crippen LogP contribution in [0.15, 0.2) is 42.1 Å². The summed E-state index contributed by atoms with van der Waals surface area (Å²) in [5.74, 6) is -0.836. The number of rotatable bonds is 5. The molecular weight excluding hydrogens is 266 g/mol. The standard InChI is InChI=1S/C17H21NO3/c1-17(2)11-14(18(12-17)9-8-16(20)21)10-15(19)13-6-4-3-5-7-13/h3-7,10H,8-9,11-12H2,1-2H3,(H,20,21)/b14-10-. The van der Waals surface area contributed by atoms with E-state index in [9.17, 15) is 9.59 Å². The molecule has 112 valence electrons. The van der Waals surface area contributed by atoms with E-state index in [2.05, 4.69) is 13.8 Å². The van der Waals surface area contributed by atoms with E-state index in [-0.39, 0.29) is 17.6 Å². The first kappa shape index (κ1) is 15.3. The summed E-state index contributed by atoms with van der Waals surface area (Å²) in [6.45, 7) is 5.50. The van der Waals surface area contributed by atoms with E-state index in [1.807, 2.05) is 23.1 Å². The molecule has 0 aliphatic carbocycles. The summed E-state index contributed by atoms with van der Waals surface area (Å²) in [6, 6.07) is 9.14. The molecule has 1 aromatic carbocycles. The Bertz CT molecular complexity index is 561. The number of carboxylic acid groups (broad SMARTS) is 1. The zero-order valence-corrected chi connectivity index (χ0v) is 12.5. The van der Waals surface area contributed by atoms with Crippen molar-refractivity contribution in [1.29, 1.82) is 0 Å². The molecule has 4 nitrogen and oxygen atoms in total. The lowest BCUT2D eigenvalue weighted by atomic mass is 9.92. The van der Waals surface area contributed by atoms with Gasteiger partial charge in [-0.3, -0.25) is 9.59 Å². The van der Waals surface area contributed by atoms with Crippen LogP contribution < -0.4 is 0 Å². The normalized spacial score (nSPS) is 19.0. The largest absolute Gasteiger partial charge is 0.481 e. The maximum atomic E-state index is 12.3. The van der Waals surface area contributed by atoms with Gasteiger partial charge >= 0.3 is 5.97 Å². The number of hydrogen-bond acceptors (Lipinski definition) is 3. The summed E-state index contributed by atoms with van der Waals surface area (Å²) in [6.07, 6.45) is 2.55. The molecule has 1 heterocycles. The van der Waals surface area contributed by atoms with Crippen LogP contribution in [0, 0.1) is 5.41 Å². The Morgan fingerprint density at radius 3 is 2.57 bits per heavy atom. The van der Waals surface area contributed by atoms with Crippen LogP contribution in [0.4, 0.5) is 0 Å². The van der Waals surface area contributed by atoms with Crippen LogP contribution >= 0.6 is 0 Å². The van der Waals surface area contributed by atoms with Gasteiger partial charge in [0.1, 0.15) is 0 Å². The number of aliphatic carboxylic acids is 1. The van der Waals surface area contributed by atoms with Crippen LogP contribution in [0.5, 0.6) is 0 Å². The number of carbonyl (C=O) groups excluding carboxylic acids is 1. The fraction of sp³-hybridized carbons (Fsp3) is 0.412. The van der Waals surface area contributed by atoms with Crippen LogP contribution in [-0.2, 0) is 4.79 Å². The minimum absolute atomic E-state index is 0.0244. The maximum absolute atomic E-state index is 12.3. The molecule has 21 heavy (non-hydrogen) atoms. The van der Waals surface area contributed by atoms with Crippen molar-refractivity contribution in [1.82, 2.24) is 4.90 Å². The number of carboxylic acids is 1. The number of ketones is 1. The van der Waals surface area contributed by atoms with Gasteiger partial charge in [0.2, 0.25) is 0 Å². The van der Waals surface area contributed by atoms with Crippen molar-refractivity contribution in [3.05, 3.63) is 47.7 Å². The number of allylic oxidation sites excluding steroid dienone is 2. The van der Waals surface area contributed by atoms with E-state index in [1.165, 1.54) is 0 Å². The summed E-state index contributed by atoms with van der Waals surface area (Å²) in [4.78, 5) is 25.1. The summed E-state index contributed by atoms with van der Waals surface area (Å²) in [7, 11) is 0. The fourth-order valence-electron chi connectivity index (χ4n) is 2.71. The second-order valence-electron chi connectivity index (χ2n) is 6.27. The smallest absolute Gasteiger partial charge is 0.305 e. The summed E-state index contributed by atoms with van der Waals surface area (Å²) in [5, 5.41) is 8.84. The zero-order valence-electron chi connectivity index (χ0n) is 12.5. The first-order chi connectivity index (χ1) is 9.87. The summed E-state index contributed by atoms with van der Waals surface area (Å²) >= 11 is 0. The van der Waals surface area contributed by atoms with E-state index in [4.69, 9.17) is 5.11 Å². The van der Waals surface area contributed by atoms with E-state index < -0.39 is 5.97 Å². The molecule has 1 saturated heterocycles. The molecule has 0 bridgehead atoms. The highest BCUT2D eigenvalue weighted by Crippen LogP contribution is 2.36. The molecule has 1 aliphatic rings. The molecule has 2 rings (SSSR count). The van der Waals surface area contributed by atoms with Gasteiger partial charge in [-0.05, 0) is 11.8 Å². The van der Waals surface area contributed by atoms with Gasteiger partial charge in [0.05, 0.1) is 6.42 Å². The van der Waals surface area contributed by atoms with Crippen molar-refractivity contribution < 1.29 is 14.7 Å². The predicted molar refractivity (Wildman–Crippen MR) is 81.1 cm³/mol. The first-order valence-corrected chi connectivity index (χ1v) is 7.14. The topological polar surface area (TPSA) is 57.6 Å². The van der Waals surface area contributed by atoms with E-state index in [0.29, 0.717) is 12.1 Å². The Kier molecular flexibility index (Phi) is 4.46. The monoisotopic (exact) mass is 287 g/mol. The lowest BCUT2D eigenvalue weighted by Gasteiger charge is -2.21. The Morgan fingerprint density at radius 2 is 1.95 bits per heavy atom. The third-order valence-electron chi connectivity index (χ3n) is 3.64. The van der Waals surface area contributed by atoms with Crippen LogP contribution in [-0.4, -0.2) is 34.8 Å². The highest BCUT2D eigenvalue weighted by molar-refractivity contribution is 6.04. The lowest BCUT2D eigenvalue weighted by molar-refractivity contribution is -0.137. The van der Waals surface area contributed by atoms with Gasteiger partial charge in [-0.2, -0.15) is 0 Å². The molecule has 1 aliphatic heterocycles. The zero-order chi connectivity index (χ0) is 15.5. The van der Waals surface area contributed by atoms with Crippen LogP contribution in [0.25, 0.3) is 0 Å². The highest BCUT2D eigenvalue weighted by atomic mass is 16.4. The lowest BCUT2D eigenvalue weighted by Crippen LogP contribution is -2.25. The average molecular weight is 287 g/mol. The van der Waals surface area contributed by atoms with Crippen molar-refractivity contribution in [2.24, 2.45) is 5.41 Å². The minimum Gasteiger partial charge on any atom is -0.481 e. The molecule has 1 N–H and O–H groups in total. The van der Waals surface area contributed by atoms with Crippen molar-refractivity contribution >= 4 is 11.8 Å². The molecule has 0 unspecified atom stereocenters. The van der Waals surface area contributed by atoms with Gasteiger partial charge in [-0.25, -0.2) is 0 Å². The van der Waals surface area contributed by atoms with E-state index in [0.717, 1.165) is 18.7 Å². The van der Waals surface area contributed by atoms with Gasteiger partial charge in [0.15, 0.2) is 5.78 Å². The SMILES string of the molecule is CC1(C)C/C(=C/C(=O)c2ccccc2)N(CCC(=O)O)C1. The third-order valence-corrected chi connectivity index (χ3v) is 3.64. The Balaban J connectivity index is 2.16. The number of likely N-dealkylation sites (tertiary alicyclic amines) is 1. The third kappa shape index (κ3) is 4.18. The van der Waals surface area contributed by atoms with Crippen LogP contribution in [0.3, 0.4) is 0 Å². The molecule has 0 saturated carbocycles. The Hall–Kier alpha value is -2.10. The molecule has 0 amide bonds. The van der Waals surface area contributed by atoms with E-state index >= 15 is 0 Å². The average Bonchev–Trinajstić information content (AvgIpc) is 2.71. The summed E-state index contributed by atoms with van der Waals surface area (Å²) in [5.41, 5.74) is 1.67. The number of carbonyl (C=O) groups is 2.